The van der Waals surface area contributed by atoms with Gasteiger partial charge in [0.1, 0.15) is 0 Å². The number of alkyl halides is 8. The van der Waals surface area contributed by atoms with Crippen LogP contribution >= 0.6 is 22.9 Å². The average molecular weight is 590 g/mol. The van der Waals surface area contributed by atoms with Crippen LogP contribution < -0.4 is 0 Å². The highest BCUT2D eigenvalue weighted by atomic mass is 127. The minimum atomic E-state index is -5.87. The molecule has 180 valence electrons. The molecule has 0 unspecified atom stereocenters. The van der Waals surface area contributed by atoms with Crippen molar-refractivity contribution < 1.29 is 49.4 Å². The van der Waals surface area contributed by atoms with Crippen LogP contribution in [0.2, 0.25) is 0 Å². The summed E-state index contributed by atoms with van der Waals surface area (Å²) >= 11 is 1.34. The van der Waals surface area contributed by atoms with Crippen LogP contribution in [-0.4, -0.2) is 67.1 Å². The van der Waals surface area contributed by atoms with Gasteiger partial charge in [0, 0.05) is 25.5 Å². The van der Waals surface area contributed by atoms with E-state index >= 15 is 0 Å². The number of carbonyl (C=O) groups is 2. The van der Waals surface area contributed by atoms with E-state index in [0.29, 0.717) is 8.01 Å². The molecule has 1 fully saturated rings. The summed E-state index contributed by atoms with van der Waals surface area (Å²) in [5.74, 6) is -6.80. The lowest BCUT2D eigenvalue weighted by molar-refractivity contribution is -0.308. The summed E-state index contributed by atoms with van der Waals surface area (Å²) in [5.41, 5.74) is -1.29. The first-order valence-electron chi connectivity index (χ1n) is 8.75. The van der Waals surface area contributed by atoms with Crippen LogP contribution in [0.4, 0.5) is 39.9 Å². The Labute approximate surface area is 189 Å². The third kappa shape index (κ3) is 5.67. The van der Waals surface area contributed by atoms with Gasteiger partial charge < -0.3 is 9.64 Å². The first-order valence-corrected chi connectivity index (χ1v) is 9.71. The largest absolute Gasteiger partial charge is 0.434 e. The number of rotatable bonds is 4. The van der Waals surface area contributed by atoms with Gasteiger partial charge in [0.2, 0.25) is 5.82 Å². The van der Waals surface area contributed by atoms with Crippen molar-refractivity contribution in [2.24, 2.45) is 0 Å². The number of halogens is 9. The van der Waals surface area contributed by atoms with Crippen LogP contribution in [0.5, 0.6) is 0 Å². The van der Waals surface area contributed by atoms with Gasteiger partial charge in [0.15, 0.2) is 0 Å². The fraction of sp³-hybridized carbons (Fsp3) is 0.625. The summed E-state index contributed by atoms with van der Waals surface area (Å²) < 4.78 is 109. The molecule has 0 spiro atoms. The van der Waals surface area contributed by atoms with E-state index < -0.39 is 60.8 Å². The Morgan fingerprint density at radius 3 is 1.97 bits per heavy atom. The van der Waals surface area contributed by atoms with Gasteiger partial charge in [-0.3, -0.25) is 7.91 Å². The third-order valence-electron chi connectivity index (χ3n) is 4.68. The summed E-state index contributed by atoms with van der Waals surface area (Å²) in [7, 11) is 0. The Kier molecular flexibility index (Phi) is 7.45. The van der Waals surface area contributed by atoms with Crippen molar-refractivity contribution in [1.29, 1.82) is 0 Å². The highest BCUT2D eigenvalue weighted by Gasteiger charge is 2.60. The van der Waals surface area contributed by atoms with Gasteiger partial charge in [-0.15, -0.1) is 0 Å². The van der Waals surface area contributed by atoms with Crippen molar-refractivity contribution in [3.05, 3.63) is 24.3 Å². The maximum atomic E-state index is 14.5. The zero-order valence-corrected chi connectivity index (χ0v) is 18.2. The Hall–Kier alpha value is -2.01. The standard InChI is InChI=1S/C16H15F8IN4O3/c1-13(29(25)11(30)14(17,18)10-26-5-2-6-27-10)3-7-28(8-4-13)12(31)32-9(15(19,20)21)16(22,23)24/h2,5-6,9H,3-4,7-8H2,1H3. The lowest BCUT2D eigenvalue weighted by Crippen LogP contribution is -2.56. The molecule has 0 radical (unpaired) electrons. The Morgan fingerprint density at radius 1 is 1.06 bits per heavy atom. The Bertz CT molecular complexity index is 815. The first kappa shape index (κ1) is 26.2. The molecule has 0 aliphatic carbocycles. The van der Waals surface area contributed by atoms with E-state index in [4.69, 9.17) is 0 Å². The number of piperidine rings is 1. The molecule has 0 aromatic carbocycles. The summed E-state index contributed by atoms with van der Waals surface area (Å²) in [5, 5.41) is 0. The van der Waals surface area contributed by atoms with E-state index in [0.717, 1.165) is 12.4 Å². The zero-order chi connectivity index (χ0) is 24.5. The molecule has 16 heteroatoms. The molecule has 2 amide bonds. The molecule has 0 saturated carbocycles. The second kappa shape index (κ2) is 9.09. The second-order valence-corrected chi connectivity index (χ2v) is 8.03. The van der Waals surface area contributed by atoms with Crippen LogP contribution in [0.1, 0.15) is 25.6 Å². The van der Waals surface area contributed by atoms with Crippen LogP contribution in [0.3, 0.4) is 0 Å². The molecule has 1 aliphatic rings. The molecule has 1 aromatic heterocycles. The van der Waals surface area contributed by atoms with Crippen LogP contribution in [0.25, 0.3) is 0 Å². The molecule has 32 heavy (non-hydrogen) atoms. The van der Waals surface area contributed by atoms with Crippen molar-refractivity contribution in [2.75, 3.05) is 13.1 Å². The predicted molar refractivity (Wildman–Crippen MR) is 98.4 cm³/mol. The van der Waals surface area contributed by atoms with Crippen molar-refractivity contribution in [2.45, 2.75) is 49.7 Å². The average Bonchev–Trinajstić information content (AvgIpc) is 2.70. The SMILES string of the molecule is CC1(N(I)C(=O)C(F)(F)c2ncccn2)CCN(C(=O)OC(C(F)(F)F)C(F)(F)F)CC1. The quantitative estimate of drug-likeness (QED) is 0.298. The van der Waals surface area contributed by atoms with Gasteiger partial charge in [0.05, 0.1) is 28.4 Å². The predicted octanol–water partition coefficient (Wildman–Crippen LogP) is 4.23. The second-order valence-electron chi connectivity index (χ2n) is 7.06. The molecule has 1 saturated heterocycles. The molecule has 0 N–H and O–H groups in total. The normalized spacial score (nSPS) is 17.3. The third-order valence-corrected chi connectivity index (χ3v) is 6.28. The summed E-state index contributed by atoms with van der Waals surface area (Å²) in [6.45, 7) is 0.520. The van der Waals surface area contributed by atoms with E-state index in [9.17, 15) is 44.7 Å². The maximum absolute atomic E-state index is 14.5. The summed E-state index contributed by atoms with van der Waals surface area (Å²) in [4.78, 5) is 31.5. The van der Waals surface area contributed by atoms with E-state index in [-0.39, 0.29) is 12.8 Å². The van der Waals surface area contributed by atoms with E-state index in [2.05, 4.69) is 14.7 Å². The smallest absolute Gasteiger partial charge is 0.426 e. The highest BCUT2D eigenvalue weighted by Crippen LogP contribution is 2.39. The van der Waals surface area contributed by atoms with E-state index in [1.807, 2.05) is 0 Å². The van der Waals surface area contributed by atoms with Gasteiger partial charge in [-0.2, -0.15) is 35.1 Å². The van der Waals surface area contributed by atoms with E-state index in [1.54, 1.807) is 0 Å². The molecule has 2 rings (SSSR count). The topological polar surface area (TPSA) is 75.6 Å². The molecule has 2 heterocycles. The van der Waals surface area contributed by atoms with Gasteiger partial charge in [0.25, 0.3) is 6.10 Å². The number of nitrogens with zero attached hydrogens (tertiary/aromatic N) is 4. The fourth-order valence-corrected chi connectivity index (χ4v) is 3.57. The monoisotopic (exact) mass is 590 g/mol. The van der Waals surface area contributed by atoms with Gasteiger partial charge >= 0.3 is 30.3 Å². The van der Waals surface area contributed by atoms with Crippen molar-refractivity contribution in [3.8, 4) is 0 Å². The first-order chi connectivity index (χ1) is 14.5. The number of aromatic nitrogens is 2. The molecular weight excluding hydrogens is 575 g/mol. The molecule has 7 nitrogen and oxygen atoms in total. The number of ether oxygens (including phenoxy) is 1. The summed E-state index contributed by atoms with van der Waals surface area (Å²) in [6.07, 6.45) is -16.3. The zero-order valence-electron chi connectivity index (χ0n) is 16.1. The lowest BCUT2D eigenvalue weighted by atomic mass is 9.89. The molecular formula is C16H15F8IN4O3. The maximum Gasteiger partial charge on any atom is 0.434 e. The lowest BCUT2D eigenvalue weighted by Gasteiger charge is -2.44. The molecule has 0 bridgehead atoms. The van der Waals surface area contributed by atoms with Crippen molar-refractivity contribution >= 4 is 34.9 Å². The molecule has 0 atom stereocenters. The van der Waals surface area contributed by atoms with Crippen molar-refractivity contribution in [1.82, 2.24) is 18.0 Å². The van der Waals surface area contributed by atoms with E-state index in [1.165, 1.54) is 35.9 Å². The Morgan fingerprint density at radius 2 is 1.53 bits per heavy atom. The van der Waals surface area contributed by atoms with Gasteiger partial charge in [-0.25, -0.2) is 14.8 Å². The Balaban J connectivity index is 2.06. The number of hydrogen-bond acceptors (Lipinski definition) is 5. The van der Waals surface area contributed by atoms with Crippen LogP contribution in [0, 0.1) is 0 Å². The number of carbonyl (C=O) groups excluding carboxylic acids is 2. The fourth-order valence-electron chi connectivity index (χ4n) is 2.79. The van der Waals surface area contributed by atoms with Crippen LogP contribution in [0.15, 0.2) is 18.5 Å². The van der Waals surface area contributed by atoms with Crippen LogP contribution in [-0.2, 0) is 15.5 Å². The number of likely N-dealkylation sites (tertiary alicyclic amines) is 1. The minimum Gasteiger partial charge on any atom is -0.426 e. The molecule has 1 aliphatic heterocycles. The summed E-state index contributed by atoms with van der Waals surface area (Å²) in [6, 6.07) is 1.27. The van der Waals surface area contributed by atoms with Crippen molar-refractivity contribution in [3.63, 3.8) is 0 Å². The van der Waals surface area contributed by atoms with Gasteiger partial charge in [-0.05, 0) is 25.8 Å². The van der Waals surface area contributed by atoms with Gasteiger partial charge in [-0.1, -0.05) is 0 Å². The molecule has 1 aromatic rings. The minimum absolute atomic E-state index is 0.217. The highest BCUT2D eigenvalue weighted by molar-refractivity contribution is 14.1. The number of hydrogen-bond donors (Lipinski definition) is 0. The number of amides is 2.